The van der Waals surface area contributed by atoms with Crippen molar-refractivity contribution in [1.82, 2.24) is 14.5 Å². The molecule has 1 saturated heterocycles. The number of fused-ring (bicyclic) bond motifs is 1. The number of carbonyl (C=O) groups is 1. The molecule has 0 radical (unpaired) electrons. The summed E-state index contributed by atoms with van der Waals surface area (Å²) >= 11 is 7.56. The molecule has 1 amide bonds. The molecule has 2 aromatic heterocycles. The molecular weight excluding hydrogens is 522 g/mol. The fourth-order valence-corrected chi connectivity index (χ4v) is 6.52. The van der Waals surface area contributed by atoms with Gasteiger partial charge in [-0.2, -0.15) is 0 Å². The first-order valence-electron chi connectivity index (χ1n) is 11.3. The number of anilines is 2. The van der Waals surface area contributed by atoms with Crippen molar-refractivity contribution in [1.29, 1.82) is 0 Å². The van der Waals surface area contributed by atoms with Crippen LogP contribution in [0.5, 0.6) is 0 Å². The number of hydrogen-bond donors (Lipinski definition) is 2. The Hall–Kier alpha value is -3.12. The maximum absolute atomic E-state index is 13.2. The lowest BCUT2D eigenvalue weighted by Crippen LogP contribution is -2.57. The molecule has 0 spiro atoms. The lowest BCUT2D eigenvalue weighted by Gasteiger charge is -2.42. The Morgan fingerprint density at radius 2 is 2.00 bits per heavy atom. The van der Waals surface area contributed by atoms with Gasteiger partial charge in [0.25, 0.3) is 10.0 Å². The Morgan fingerprint density at radius 1 is 1.19 bits per heavy atom. The van der Waals surface area contributed by atoms with Crippen molar-refractivity contribution >= 4 is 60.6 Å². The normalized spacial score (nSPS) is 16.4. The summed E-state index contributed by atoms with van der Waals surface area (Å²) < 4.78 is 29.5. The van der Waals surface area contributed by atoms with Gasteiger partial charge >= 0.3 is 0 Å². The highest BCUT2D eigenvalue weighted by Crippen LogP contribution is 2.26. The highest BCUT2D eigenvalue weighted by atomic mass is 35.5. The van der Waals surface area contributed by atoms with Crippen molar-refractivity contribution in [3.8, 4) is 0 Å². The third kappa shape index (κ3) is 4.92. The van der Waals surface area contributed by atoms with Crippen molar-refractivity contribution in [2.75, 3.05) is 35.9 Å². The summed E-state index contributed by atoms with van der Waals surface area (Å²) in [5, 5.41) is 13.6. The van der Waals surface area contributed by atoms with Crippen LogP contribution in [0, 0.1) is 0 Å². The number of nitrogens with zero attached hydrogens (tertiary/aromatic N) is 4. The maximum Gasteiger partial charge on any atom is 0.263 e. The topological polar surface area (TPSA) is 108 Å². The summed E-state index contributed by atoms with van der Waals surface area (Å²) in [5.74, 6) is -0.0965. The number of benzene rings is 2. The zero-order valence-electron chi connectivity index (χ0n) is 19.1. The molecule has 4 aromatic rings. The zero-order valence-corrected chi connectivity index (χ0v) is 21.5. The van der Waals surface area contributed by atoms with E-state index in [0.717, 1.165) is 16.6 Å². The van der Waals surface area contributed by atoms with Gasteiger partial charge in [-0.15, -0.1) is 11.3 Å². The highest BCUT2D eigenvalue weighted by Gasteiger charge is 2.30. The highest BCUT2D eigenvalue weighted by molar-refractivity contribution is 7.93. The average Bonchev–Trinajstić information content (AvgIpc) is 3.54. The van der Waals surface area contributed by atoms with E-state index in [1.165, 1.54) is 29.7 Å². The minimum Gasteiger partial charge on any atom is -0.394 e. The number of para-hydroxylation sites is 1. The van der Waals surface area contributed by atoms with E-state index in [-0.39, 0.29) is 28.2 Å². The second-order valence-corrected chi connectivity index (χ2v) is 11.4. The van der Waals surface area contributed by atoms with Gasteiger partial charge in [-0.1, -0.05) is 23.7 Å². The molecule has 3 heterocycles. The number of hydrogen-bond acceptors (Lipinski definition) is 7. The molecule has 1 aliphatic rings. The number of thiazole rings is 1. The van der Waals surface area contributed by atoms with E-state index in [9.17, 15) is 18.3 Å². The number of aliphatic hydroxyl groups excluding tert-OH is 1. The van der Waals surface area contributed by atoms with Crippen molar-refractivity contribution in [3.63, 3.8) is 0 Å². The molecular formula is C24H30ClN5O4S2. The Bertz CT molecular complexity index is 1490. The van der Waals surface area contributed by atoms with Gasteiger partial charge in [0.05, 0.1) is 28.1 Å². The number of sulfonamides is 1. The van der Waals surface area contributed by atoms with Crippen molar-refractivity contribution < 1.29 is 22.6 Å². The minimum absolute atomic E-state index is 0. The van der Waals surface area contributed by atoms with Crippen LogP contribution in [-0.4, -0.2) is 66.2 Å². The Kier molecular flexibility index (Phi) is 6.89. The van der Waals surface area contributed by atoms with E-state index >= 15 is 0 Å². The van der Waals surface area contributed by atoms with Crippen LogP contribution in [0.4, 0.5) is 10.8 Å². The van der Waals surface area contributed by atoms with Crippen LogP contribution >= 0.6 is 22.9 Å². The predicted molar refractivity (Wildman–Crippen MR) is 147 cm³/mol. The number of nitrogens with one attached hydrogen (secondary N) is 1. The van der Waals surface area contributed by atoms with Crippen molar-refractivity contribution in [2.45, 2.75) is 17.5 Å². The number of piperazine rings is 1. The molecule has 12 heteroatoms. The predicted octanol–water partition coefficient (Wildman–Crippen LogP) is 4.00. The first-order valence-corrected chi connectivity index (χ1v) is 14.0. The smallest absolute Gasteiger partial charge is 0.263 e. The molecule has 0 aliphatic carbocycles. The number of aliphatic hydroxyl groups is 1. The molecule has 1 fully saturated rings. The quantitative estimate of drug-likeness (QED) is 0.359. The average molecular weight is 552 g/mol. The molecule has 0 bridgehead atoms. The number of amides is 1. The fourth-order valence-electron chi connectivity index (χ4n) is 4.44. The molecule has 9 nitrogen and oxygen atoms in total. The van der Waals surface area contributed by atoms with E-state index in [1.807, 2.05) is 33.9 Å². The number of aromatic nitrogens is 2. The van der Waals surface area contributed by atoms with Crippen molar-refractivity contribution in [3.05, 3.63) is 71.3 Å². The van der Waals surface area contributed by atoms with Gasteiger partial charge < -0.3 is 19.5 Å². The largest absolute Gasteiger partial charge is 0.394 e. The minimum atomic E-state index is -3.74. The second kappa shape index (κ2) is 10.1. The van der Waals surface area contributed by atoms with Gasteiger partial charge in [0.1, 0.15) is 6.54 Å². The summed E-state index contributed by atoms with van der Waals surface area (Å²) in [4.78, 5) is 21.0. The fraction of sp³-hybridized carbons (Fsp3) is 0.250. The molecule has 2 aromatic carbocycles. The molecule has 0 unspecified atom stereocenters. The van der Waals surface area contributed by atoms with E-state index < -0.39 is 16.1 Å². The monoisotopic (exact) mass is 551 g/mol. The van der Waals surface area contributed by atoms with Crippen molar-refractivity contribution in [2.24, 2.45) is 0 Å². The summed E-state index contributed by atoms with van der Waals surface area (Å²) in [7, 11) is -3.74. The zero-order chi connectivity index (χ0) is 25.3. The molecule has 36 heavy (non-hydrogen) atoms. The lowest BCUT2D eigenvalue weighted by molar-refractivity contribution is -0.135. The molecule has 2 N–H and O–H groups in total. The summed E-state index contributed by atoms with van der Waals surface area (Å²) in [6, 6.07) is 13.7. The third-order valence-corrected chi connectivity index (χ3v) is 8.70. The van der Waals surface area contributed by atoms with E-state index in [0.29, 0.717) is 29.8 Å². The van der Waals surface area contributed by atoms with Crippen LogP contribution in [0.15, 0.2) is 71.2 Å². The van der Waals surface area contributed by atoms with Gasteiger partial charge in [0.15, 0.2) is 5.13 Å². The summed E-state index contributed by atoms with van der Waals surface area (Å²) in [5.41, 5.74) is 1.63. The van der Waals surface area contributed by atoms with Crippen LogP contribution in [0.25, 0.3) is 10.9 Å². The Labute approximate surface area is 222 Å². The number of rotatable bonds is 7. The van der Waals surface area contributed by atoms with Gasteiger partial charge in [-0.3, -0.25) is 9.52 Å². The summed E-state index contributed by atoms with van der Waals surface area (Å²) in [6.45, 7) is 1.36. The number of carbonyl (C=O) groups excluding carboxylic acids is 1. The van der Waals surface area contributed by atoms with Gasteiger partial charge in [-0.25, -0.2) is 13.4 Å². The number of halogens is 1. The van der Waals surface area contributed by atoms with Crippen LogP contribution in [-0.2, 0) is 21.4 Å². The van der Waals surface area contributed by atoms with E-state index in [4.69, 9.17) is 11.6 Å². The molecule has 194 valence electrons. The van der Waals surface area contributed by atoms with E-state index in [1.54, 1.807) is 28.5 Å². The molecule has 5 rings (SSSR count). The van der Waals surface area contributed by atoms with E-state index in [2.05, 4.69) is 9.71 Å². The summed E-state index contributed by atoms with van der Waals surface area (Å²) in [6.07, 6.45) is 3.38. The van der Waals surface area contributed by atoms with Crippen LogP contribution in [0.1, 0.15) is 4.28 Å². The third-order valence-electron chi connectivity index (χ3n) is 6.22. The second-order valence-electron chi connectivity index (χ2n) is 8.43. The van der Waals surface area contributed by atoms with Crippen LogP contribution < -0.4 is 9.62 Å². The van der Waals surface area contributed by atoms with Crippen LogP contribution in [0.2, 0.25) is 5.02 Å². The molecule has 0 saturated carbocycles. The Balaban J connectivity index is 0.00000178. The molecule has 1 aliphatic heterocycles. The maximum atomic E-state index is 13.2. The van der Waals surface area contributed by atoms with Gasteiger partial charge in [0.2, 0.25) is 5.91 Å². The Morgan fingerprint density at radius 3 is 2.72 bits per heavy atom. The standard InChI is InChI=1S/C24H24ClN5O4S2.3H2/c25-21-3-1-2-17-8-10-29(23(17)21)15-22(32)30-12-11-28(14-19(30)16-31)18-4-6-20(7-5-18)36(33,34)27-24-26-9-13-35-24;;;/h1-10,13,19,31H,11-12,14-16H2,(H,26,27);3*1H/t19-;;;/m0.../s1. The lowest BCUT2D eigenvalue weighted by atomic mass is 10.1. The first kappa shape index (κ1) is 24.6. The molecule has 1 atom stereocenters. The first-order chi connectivity index (χ1) is 17.4. The van der Waals surface area contributed by atoms with Gasteiger partial charge in [-0.05, 0) is 36.4 Å². The van der Waals surface area contributed by atoms with Crippen LogP contribution in [0.3, 0.4) is 0 Å². The van der Waals surface area contributed by atoms with Gasteiger partial charge in [0, 0.05) is 52.8 Å². The SMILES string of the molecule is O=C(Cn1ccc2cccc(Cl)c21)N1CCN(c2ccc(S(=O)(=O)Nc3nccs3)cc2)C[C@H]1CO.[HH].[HH].[HH].